The van der Waals surface area contributed by atoms with Gasteiger partial charge in [0.15, 0.2) is 0 Å². The fourth-order valence-corrected chi connectivity index (χ4v) is 4.55. The number of rotatable bonds is 8. The standard InChI is InChI=1S/C26H28N2O6/c1-27-15-19(17-8-5-6-9-20(17)27)23-22(25(30)26(31)28(23)12-7-13-32-2)24(29)18-14-16(33-3)10-11-21(18)34-4/h5-6,8-11,14-15,23,29H,7,12-13H2,1-4H3/b24-22+. The van der Waals surface area contributed by atoms with Crippen molar-refractivity contribution in [2.45, 2.75) is 12.5 Å². The van der Waals surface area contributed by atoms with Crippen LogP contribution in [0.4, 0.5) is 0 Å². The second-order valence-corrected chi connectivity index (χ2v) is 8.12. The number of hydrogen-bond donors (Lipinski definition) is 1. The number of ketones is 1. The minimum atomic E-state index is -0.765. The summed E-state index contributed by atoms with van der Waals surface area (Å²) in [5, 5.41) is 12.4. The van der Waals surface area contributed by atoms with Crippen LogP contribution in [0.1, 0.15) is 23.6 Å². The highest BCUT2D eigenvalue weighted by Crippen LogP contribution is 2.44. The summed E-state index contributed by atoms with van der Waals surface area (Å²) in [7, 11) is 6.49. The molecule has 34 heavy (non-hydrogen) atoms. The van der Waals surface area contributed by atoms with E-state index in [1.54, 1.807) is 25.3 Å². The zero-order valence-corrected chi connectivity index (χ0v) is 19.7. The van der Waals surface area contributed by atoms with E-state index in [2.05, 4.69) is 0 Å². The first-order valence-electron chi connectivity index (χ1n) is 11.0. The summed E-state index contributed by atoms with van der Waals surface area (Å²) in [5.41, 5.74) is 2.02. The minimum Gasteiger partial charge on any atom is -0.507 e. The molecule has 0 radical (unpaired) electrons. The van der Waals surface area contributed by atoms with Crippen LogP contribution in [0.2, 0.25) is 0 Å². The van der Waals surface area contributed by atoms with Gasteiger partial charge in [-0.25, -0.2) is 0 Å². The number of hydrogen-bond acceptors (Lipinski definition) is 6. The van der Waals surface area contributed by atoms with Crippen molar-refractivity contribution in [3.63, 3.8) is 0 Å². The van der Waals surface area contributed by atoms with Crippen molar-refractivity contribution in [1.29, 1.82) is 0 Å². The lowest BCUT2D eigenvalue weighted by Gasteiger charge is -2.25. The normalized spacial score (nSPS) is 17.5. The summed E-state index contributed by atoms with van der Waals surface area (Å²) in [6.07, 6.45) is 2.45. The number of benzene rings is 2. The van der Waals surface area contributed by atoms with Crippen molar-refractivity contribution in [2.24, 2.45) is 7.05 Å². The number of likely N-dealkylation sites (tertiary alicyclic amines) is 1. The third kappa shape index (κ3) is 3.90. The molecule has 0 aliphatic carbocycles. The number of Topliss-reactive ketones (excluding diaryl/α,β-unsaturated/α-hetero) is 1. The monoisotopic (exact) mass is 464 g/mol. The van der Waals surface area contributed by atoms with Crippen LogP contribution in [0.5, 0.6) is 11.5 Å². The van der Waals surface area contributed by atoms with Gasteiger partial charge < -0.3 is 28.8 Å². The molecule has 1 aliphatic rings. The Labute approximate surface area is 197 Å². The molecule has 1 fully saturated rings. The number of aliphatic hydroxyl groups is 1. The molecule has 8 heteroatoms. The van der Waals surface area contributed by atoms with E-state index in [0.29, 0.717) is 31.1 Å². The summed E-state index contributed by atoms with van der Waals surface area (Å²) in [6, 6.07) is 11.9. The van der Waals surface area contributed by atoms with Gasteiger partial charge in [0.05, 0.1) is 31.4 Å². The van der Waals surface area contributed by atoms with Crippen LogP contribution >= 0.6 is 0 Å². The molecular formula is C26H28N2O6. The third-order valence-corrected chi connectivity index (χ3v) is 6.17. The van der Waals surface area contributed by atoms with Crippen LogP contribution in [-0.4, -0.2) is 60.7 Å². The number of fused-ring (bicyclic) bond motifs is 1. The Kier molecular flexibility index (Phi) is 6.61. The molecule has 1 aliphatic heterocycles. The van der Waals surface area contributed by atoms with E-state index in [-0.39, 0.29) is 16.9 Å². The molecule has 1 N–H and O–H groups in total. The molecular weight excluding hydrogens is 436 g/mol. The van der Waals surface area contributed by atoms with Crippen molar-refractivity contribution in [1.82, 2.24) is 9.47 Å². The van der Waals surface area contributed by atoms with Gasteiger partial charge in [0.1, 0.15) is 17.3 Å². The molecule has 1 atom stereocenters. The van der Waals surface area contributed by atoms with Gasteiger partial charge in [0.2, 0.25) is 0 Å². The lowest BCUT2D eigenvalue weighted by molar-refractivity contribution is -0.140. The first-order chi connectivity index (χ1) is 16.4. The summed E-state index contributed by atoms with van der Waals surface area (Å²) in [6.45, 7) is 0.743. The van der Waals surface area contributed by atoms with E-state index in [9.17, 15) is 14.7 Å². The molecule has 1 unspecified atom stereocenters. The van der Waals surface area contributed by atoms with Crippen LogP contribution < -0.4 is 9.47 Å². The molecule has 0 bridgehead atoms. The summed E-state index contributed by atoms with van der Waals surface area (Å²) in [5.74, 6) is -0.851. The topological polar surface area (TPSA) is 90.2 Å². The number of carbonyl (C=O) groups excluding carboxylic acids is 2. The number of aromatic nitrogens is 1. The molecule has 178 valence electrons. The van der Waals surface area contributed by atoms with E-state index < -0.39 is 17.7 Å². The maximum Gasteiger partial charge on any atom is 0.295 e. The van der Waals surface area contributed by atoms with Crippen molar-refractivity contribution >= 4 is 28.4 Å². The predicted molar refractivity (Wildman–Crippen MR) is 128 cm³/mol. The third-order valence-electron chi connectivity index (χ3n) is 6.17. The predicted octanol–water partition coefficient (Wildman–Crippen LogP) is 3.65. The van der Waals surface area contributed by atoms with E-state index in [1.807, 2.05) is 42.1 Å². The lowest BCUT2D eigenvalue weighted by Crippen LogP contribution is -2.31. The maximum atomic E-state index is 13.3. The summed E-state index contributed by atoms with van der Waals surface area (Å²) < 4.78 is 17.8. The number of carbonyl (C=O) groups is 2. The molecule has 1 amide bonds. The molecule has 0 spiro atoms. The van der Waals surface area contributed by atoms with E-state index in [4.69, 9.17) is 14.2 Å². The number of ether oxygens (including phenoxy) is 3. The highest BCUT2D eigenvalue weighted by Gasteiger charge is 2.47. The Balaban J connectivity index is 1.96. The Hall–Kier alpha value is -3.78. The molecule has 1 saturated heterocycles. The minimum absolute atomic E-state index is 0.0188. The Morgan fingerprint density at radius 1 is 1.06 bits per heavy atom. The zero-order valence-electron chi connectivity index (χ0n) is 19.7. The van der Waals surface area contributed by atoms with Gasteiger partial charge in [-0.3, -0.25) is 9.59 Å². The number of aryl methyl sites for hydroxylation is 1. The number of para-hydroxylation sites is 1. The van der Waals surface area contributed by atoms with Crippen LogP contribution in [0.3, 0.4) is 0 Å². The van der Waals surface area contributed by atoms with E-state index >= 15 is 0 Å². The first-order valence-corrected chi connectivity index (χ1v) is 11.0. The fourth-order valence-electron chi connectivity index (χ4n) is 4.55. The van der Waals surface area contributed by atoms with E-state index in [0.717, 1.165) is 16.5 Å². The van der Waals surface area contributed by atoms with Gasteiger partial charge in [-0.1, -0.05) is 18.2 Å². The average molecular weight is 465 g/mol. The van der Waals surface area contributed by atoms with Crippen LogP contribution in [0, 0.1) is 0 Å². The number of nitrogens with zero attached hydrogens (tertiary/aromatic N) is 2. The highest BCUT2D eigenvalue weighted by molar-refractivity contribution is 6.46. The molecule has 8 nitrogen and oxygen atoms in total. The second kappa shape index (κ2) is 9.61. The SMILES string of the molecule is COCCCN1C(=O)C(=O)/C(=C(/O)c2cc(OC)ccc2OC)C1c1cn(C)c2ccccc12. The average Bonchev–Trinajstić information content (AvgIpc) is 3.32. The second-order valence-electron chi connectivity index (χ2n) is 8.12. The van der Waals surface area contributed by atoms with Crippen LogP contribution in [0.25, 0.3) is 16.7 Å². The number of aliphatic hydroxyl groups excluding tert-OH is 1. The molecule has 3 aromatic rings. The van der Waals surface area contributed by atoms with Crippen molar-refractivity contribution in [2.75, 3.05) is 34.5 Å². The Bertz CT molecular complexity index is 1280. The number of amides is 1. The zero-order chi connectivity index (χ0) is 24.4. The maximum absolute atomic E-state index is 13.3. The van der Waals surface area contributed by atoms with Gasteiger partial charge in [0.25, 0.3) is 11.7 Å². The Morgan fingerprint density at radius 3 is 2.53 bits per heavy atom. The van der Waals surface area contributed by atoms with Gasteiger partial charge >= 0.3 is 0 Å². The molecule has 2 heterocycles. The first kappa shape index (κ1) is 23.4. The number of methoxy groups -OCH3 is 3. The summed E-state index contributed by atoms with van der Waals surface area (Å²) >= 11 is 0. The molecule has 1 aromatic heterocycles. The Morgan fingerprint density at radius 2 is 1.82 bits per heavy atom. The highest BCUT2D eigenvalue weighted by atomic mass is 16.5. The lowest BCUT2D eigenvalue weighted by atomic mass is 9.94. The van der Waals surface area contributed by atoms with Crippen molar-refractivity contribution in [3.8, 4) is 11.5 Å². The fraction of sp³-hybridized carbons (Fsp3) is 0.308. The van der Waals surface area contributed by atoms with Gasteiger partial charge in [-0.05, 0) is 30.7 Å². The molecule has 2 aromatic carbocycles. The van der Waals surface area contributed by atoms with Gasteiger partial charge in [-0.15, -0.1) is 0 Å². The van der Waals surface area contributed by atoms with Crippen LogP contribution in [-0.2, 0) is 21.4 Å². The largest absolute Gasteiger partial charge is 0.507 e. The van der Waals surface area contributed by atoms with Gasteiger partial charge in [-0.2, -0.15) is 0 Å². The van der Waals surface area contributed by atoms with Crippen LogP contribution in [0.15, 0.2) is 54.2 Å². The molecule has 4 rings (SSSR count). The smallest absolute Gasteiger partial charge is 0.295 e. The van der Waals surface area contributed by atoms with E-state index in [1.165, 1.54) is 19.1 Å². The van der Waals surface area contributed by atoms with Crippen molar-refractivity contribution in [3.05, 3.63) is 65.4 Å². The summed E-state index contributed by atoms with van der Waals surface area (Å²) in [4.78, 5) is 28.0. The van der Waals surface area contributed by atoms with Crippen molar-refractivity contribution < 1.29 is 28.9 Å². The molecule has 0 saturated carbocycles. The van der Waals surface area contributed by atoms with Gasteiger partial charge in [0, 0.05) is 50.0 Å². The quantitative estimate of drug-likeness (QED) is 0.237.